The Morgan fingerprint density at radius 2 is 1.79 bits per heavy atom. The zero-order valence-electron chi connectivity index (χ0n) is 15.3. The third-order valence-corrected chi connectivity index (χ3v) is 3.84. The Bertz CT molecular complexity index is 1010. The molecule has 1 heterocycles. The third-order valence-electron chi connectivity index (χ3n) is 3.84. The van der Waals surface area contributed by atoms with E-state index in [1.54, 1.807) is 68.8 Å². The van der Waals surface area contributed by atoms with Crippen LogP contribution in [0.4, 0.5) is 17.2 Å². The van der Waals surface area contributed by atoms with Crippen LogP contribution < -0.4 is 20.1 Å². The fourth-order valence-electron chi connectivity index (χ4n) is 2.38. The zero-order valence-corrected chi connectivity index (χ0v) is 15.3. The molecule has 8 heteroatoms. The van der Waals surface area contributed by atoms with Crippen LogP contribution in [0.15, 0.2) is 54.6 Å². The van der Waals surface area contributed by atoms with E-state index in [2.05, 4.69) is 20.8 Å². The first-order valence-electron chi connectivity index (χ1n) is 8.27. The molecule has 28 heavy (non-hydrogen) atoms. The molecule has 140 valence electrons. The predicted molar refractivity (Wildman–Crippen MR) is 104 cm³/mol. The molecule has 0 fully saturated rings. The number of nitrogens with one attached hydrogen (secondary N) is 2. The van der Waals surface area contributed by atoms with E-state index in [0.717, 1.165) is 0 Å². The second-order valence-electron chi connectivity index (χ2n) is 5.64. The van der Waals surface area contributed by atoms with Gasteiger partial charge in [-0.3, -0.25) is 4.79 Å². The van der Waals surface area contributed by atoms with Crippen molar-refractivity contribution in [1.29, 1.82) is 5.26 Å². The van der Waals surface area contributed by atoms with Crippen LogP contribution in [-0.2, 0) is 0 Å². The summed E-state index contributed by atoms with van der Waals surface area (Å²) in [6.45, 7) is 0. The van der Waals surface area contributed by atoms with E-state index in [9.17, 15) is 4.79 Å². The topological polar surface area (TPSA) is 109 Å². The van der Waals surface area contributed by atoms with Crippen molar-refractivity contribution in [3.05, 3.63) is 65.9 Å². The first-order chi connectivity index (χ1) is 13.6. The number of ether oxygens (including phenoxy) is 2. The van der Waals surface area contributed by atoms with E-state index in [1.165, 1.54) is 0 Å². The standard InChI is InChI=1S/C20H17N5O3/c1-27-15-7-8-16(18(11-15)28-2)23-19-10-9-17(24-25-19)20(26)22-14-5-3-13(12-21)4-6-14/h3-11H,1-2H3,(H,22,26)(H,23,25). The summed E-state index contributed by atoms with van der Waals surface area (Å²) >= 11 is 0. The summed E-state index contributed by atoms with van der Waals surface area (Å²) in [5, 5.41) is 22.6. The highest BCUT2D eigenvalue weighted by atomic mass is 16.5. The summed E-state index contributed by atoms with van der Waals surface area (Å²) in [7, 11) is 3.14. The summed E-state index contributed by atoms with van der Waals surface area (Å²) in [5.41, 5.74) is 1.93. The van der Waals surface area contributed by atoms with E-state index in [4.69, 9.17) is 14.7 Å². The highest BCUT2D eigenvalue weighted by molar-refractivity contribution is 6.02. The number of carbonyl (C=O) groups excluding carboxylic acids is 1. The number of amides is 1. The van der Waals surface area contributed by atoms with Crippen LogP contribution in [-0.4, -0.2) is 30.3 Å². The minimum Gasteiger partial charge on any atom is -0.497 e. The Kier molecular flexibility index (Phi) is 5.67. The number of hydrogen-bond acceptors (Lipinski definition) is 7. The van der Waals surface area contributed by atoms with Gasteiger partial charge in [0.25, 0.3) is 5.91 Å². The third kappa shape index (κ3) is 4.34. The molecular weight excluding hydrogens is 358 g/mol. The Balaban J connectivity index is 1.69. The summed E-state index contributed by atoms with van der Waals surface area (Å²) in [6.07, 6.45) is 0. The Labute approximate surface area is 161 Å². The number of hydrogen-bond donors (Lipinski definition) is 2. The van der Waals surface area contributed by atoms with Gasteiger partial charge < -0.3 is 20.1 Å². The van der Waals surface area contributed by atoms with Gasteiger partial charge in [0.05, 0.1) is 31.5 Å². The van der Waals surface area contributed by atoms with E-state index >= 15 is 0 Å². The smallest absolute Gasteiger partial charge is 0.276 e. The van der Waals surface area contributed by atoms with Gasteiger partial charge in [-0.25, -0.2) is 0 Å². The number of benzene rings is 2. The van der Waals surface area contributed by atoms with Gasteiger partial charge in [0.15, 0.2) is 11.5 Å². The van der Waals surface area contributed by atoms with Gasteiger partial charge in [0.1, 0.15) is 11.5 Å². The molecule has 0 atom stereocenters. The van der Waals surface area contributed by atoms with Gasteiger partial charge in [-0.2, -0.15) is 5.26 Å². The van der Waals surface area contributed by atoms with Crippen molar-refractivity contribution in [2.75, 3.05) is 24.9 Å². The average molecular weight is 375 g/mol. The van der Waals surface area contributed by atoms with Crippen LogP contribution in [0.3, 0.4) is 0 Å². The number of rotatable bonds is 6. The molecule has 1 amide bonds. The molecule has 3 aromatic rings. The minimum atomic E-state index is -0.397. The maximum absolute atomic E-state index is 12.3. The molecule has 0 unspecified atom stereocenters. The van der Waals surface area contributed by atoms with Crippen molar-refractivity contribution >= 4 is 23.1 Å². The quantitative estimate of drug-likeness (QED) is 0.680. The van der Waals surface area contributed by atoms with Crippen molar-refractivity contribution in [1.82, 2.24) is 10.2 Å². The molecule has 8 nitrogen and oxygen atoms in total. The number of aromatic nitrogens is 2. The highest BCUT2D eigenvalue weighted by Crippen LogP contribution is 2.30. The normalized spacial score (nSPS) is 9.89. The number of nitriles is 1. The Hall–Kier alpha value is -4.12. The molecule has 1 aromatic heterocycles. The maximum atomic E-state index is 12.3. The first kappa shape index (κ1) is 18.7. The summed E-state index contributed by atoms with van der Waals surface area (Å²) in [4.78, 5) is 12.3. The summed E-state index contributed by atoms with van der Waals surface area (Å²) in [5.74, 6) is 1.32. The van der Waals surface area contributed by atoms with Gasteiger partial charge in [-0.1, -0.05) is 0 Å². The number of nitrogens with zero attached hydrogens (tertiary/aromatic N) is 3. The fourth-order valence-corrected chi connectivity index (χ4v) is 2.38. The van der Waals surface area contributed by atoms with Gasteiger partial charge in [0.2, 0.25) is 0 Å². The lowest BCUT2D eigenvalue weighted by Crippen LogP contribution is -2.14. The van der Waals surface area contributed by atoms with Crippen LogP contribution >= 0.6 is 0 Å². The van der Waals surface area contributed by atoms with Crippen LogP contribution in [0, 0.1) is 11.3 Å². The molecule has 0 aliphatic heterocycles. The molecule has 0 aliphatic carbocycles. The molecule has 0 saturated carbocycles. The minimum absolute atomic E-state index is 0.164. The van der Waals surface area contributed by atoms with E-state index < -0.39 is 5.91 Å². The van der Waals surface area contributed by atoms with Crippen LogP contribution in [0.1, 0.15) is 16.1 Å². The molecule has 2 aromatic carbocycles. The summed E-state index contributed by atoms with van der Waals surface area (Å²) < 4.78 is 10.5. The highest BCUT2D eigenvalue weighted by Gasteiger charge is 2.10. The monoisotopic (exact) mass is 375 g/mol. The van der Waals surface area contributed by atoms with Crippen LogP contribution in [0.2, 0.25) is 0 Å². The lowest BCUT2D eigenvalue weighted by molar-refractivity contribution is 0.102. The van der Waals surface area contributed by atoms with Crippen molar-refractivity contribution in [3.8, 4) is 17.6 Å². The predicted octanol–water partition coefficient (Wildman–Crippen LogP) is 3.36. The molecule has 2 N–H and O–H groups in total. The van der Waals surface area contributed by atoms with Crippen molar-refractivity contribution in [2.24, 2.45) is 0 Å². The number of methoxy groups -OCH3 is 2. The van der Waals surface area contributed by atoms with Gasteiger partial charge >= 0.3 is 0 Å². The van der Waals surface area contributed by atoms with Gasteiger partial charge in [-0.15, -0.1) is 10.2 Å². The van der Waals surface area contributed by atoms with Gasteiger partial charge in [-0.05, 0) is 48.5 Å². The van der Waals surface area contributed by atoms with E-state index in [1.807, 2.05) is 6.07 Å². The molecule has 0 radical (unpaired) electrons. The van der Waals surface area contributed by atoms with Crippen LogP contribution in [0.5, 0.6) is 11.5 Å². The number of anilines is 3. The lowest BCUT2D eigenvalue weighted by atomic mass is 10.2. The lowest BCUT2D eigenvalue weighted by Gasteiger charge is -2.11. The molecule has 0 aliphatic rings. The van der Waals surface area contributed by atoms with Crippen molar-refractivity contribution in [3.63, 3.8) is 0 Å². The van der Waals surface area contributed by atoms with Crippen LogP contribution in [0.25, 0.3) is 0 Å². The average Bonchev–Trinajstić information content (AvgIpc) is 2.75. The SMILES string of the molecule is COc1ccc(Nc2ccc(C(=O)Nc3ccc(C#N)cc3)nn2)c(OC)c1. The molecule has 0 bridgehead atoms. The second-order valence-corrected chi connectivity index (χ2v) is 5.64. The zero-order chi connectivity index (χ0) is 19.9. The maximum Gasteiger partial charge on any atom is 0.276 e. The van der Waals surface area contributed by atoms with E-state index in [0.29, 0.717) is 34.3 Å². The molecule has 0 spiro atoms. The first-order valence-corrected chi connectivity index (χ1v) is 8.27. The van der Waals surface area contributed by atoms with Gasteiger partial charge in [0, 0.05) is 11.8 Å². The Morgan fingerprint density at radius 3 is 2.39 bits per heavy atom. The van der Waals surface area contributed by atoms with Crippen molar-refractivity contribution in [2.45, 2.75) is 0 Å². The van der Waals surface area contributed by atoms with Crippen molar-refractivity contribution < 1.29 is 14.3 Å². The Morgan fingerprint density at radius 1 is 1.00 bits per heavy atom. The summed E-state index contributed by atoms with van der Waals surface area (Å²) in [6, 6.07) is 17.1. The second kappa shape index (κ2) is 8.51. The molecular formula is C20H17N5O3. The fraction of sp³-hybridized carbons (Fsp3) is 0.100. The van der Waals surface area contributed by atoms with E-state index in [-0.39, 0.29) is 5.69 Å². The molecule has 0 saturated heterocycles. The largest absolute Gasteiger partial charge is 0.497 e. The number of carbonyl (C=O) groups is 1. The molecule has 3 rings (SSSR count).